The number of rotatable bonds is 4. The molecule has 3 aromatic rings. The quantitative estimate of drug-likeness (QED) is 0.582. The van der Waals surface area contributed by atoms with E-state index in [2.05, 4.69) is 10.3 Å². The van der Waals surface area contributed by atoms with E-state index in [0.717, 1.165) is 11.3 Å². The molecule has 0 unspecified atom stereocenters. The van der Waals surface area contributed by atoms with Crippen LogP contribution in [0.4, 0.5) is 5.69 Å². The standard InChI is InChI=1S/C19H18ClN3O5S/c1-8-12-14(24)13(16(25)21-9-5-6-11(28-4)10(20)7-9)17(26)22-18(12)29-15(8)19(27)23(2)3/h5-7H,1-4H3,(H,21,25)(H2,22,24,26). The molecule has 8 nitrogen and oxygen atoms in total. The fourth-order valence-electron chi connectivity index (χ4n) is 2.84. The molecule has 0 aliphatic carbocycles. The van der Waals surface area contributed by atoms with Gasteiger partial charge in [-0.3, -0.25) is 14.4 Å². The fourth-order valence-corrected chi connectivity index (χ4v) is 4.32. The van der Waals surface area contributed by atoms with E-state index >= 15 is 0 Å². The van der Waals surface area contributed by atoms with Crippen molar-refractivity contribution in [3.8, 4) is 11.5 Å². The molecule has 0 fully saturated rings. The number of pyridine rings is 1. The molecule has 0 spiro atoms. The number of benzene rings is 1. The van der Waals surface area contributed by atoms with Crippen molar-refractivity contribution in [1.82, 2.24) is 9.88 Å². The van der Waals surface area contributed by atoms with E-state index in [4.69, 9.17) is 16.3 Å². The van der Waals surface area contributed by atoms with Crippen LogP contribution in [0.1, 0.15) is 25.6 Å². The first-order valence-corrected chi connectivity index (χ1v) is 9.60. The number of aromatic nitrogens is 1. The van der Waals surface area contributed by atoms with Gasteiger partial charge in [-0.05, 0) is 30.7 Å². The van der Waals surface area contributed by atoms with Gasteiger partial charge in [0.25, 0.3) is 17.4 Å². The van der Waals surface area contributed by atoms with Crippen molar-refractivity contribution in [3.63, 3.8) is 0 Å². The van der Waals surface area contributed by atoms with Gasteiger partial charge in [0, 0.05) is 19.8 Å². The zero-order chi connectivity index (χ0) is 21.5. The number of fused-ring (bicyclic) bond motifs is 1. The normalized spacial score (nSPS) is 10.8. The molecular weight excluding hydrogens is 418 g/mol. The van der Waals surface area contributed by atoms with Gasteiger partial charge in [0.15, 0.2) is 0 Å². The minimum Gasteiger partial charge on any atom is -0.506 e. The largest absolute Gasteiger partial charge is 0.506 e. The molecule has 0 atom stereocenters. The van der Waals surface area contributed by atoms with Crippen molar-refractivity contribution >= 4 is 50.7 Å². The Hall–Kier alpha value is -3.04. The highest BCUT2D eigenvalue weighted by atomic mass is 35.5. The number of aryl methyl sites for hydroxylation is 1. The lowest BCUT2D eigenvalue weighted by Gasteiger charge is -2.10. The van der Waals surface area contributed by atoms with Crippen molar-refractivity contribution in [3.05, 3.63) is 49.6 Å². The summed E-state index contributed by atoms with van der Waals surface area (Å²) in [7, 11) is 4.67. The number of hydrogen-bond acceptors (Lipinski definition) is 6. The number of aromatic amines is 1. The Labute approximate surface area is 174 Å². The third kappa shape index (κ3) is 3.66. The van der Waals surface area contributed by atoms with Gasteiger partial charge in [-0.1, -0.05) is 11.6 Å². The van der Waals surface area contributed by atoms with Crippen LogP contribution in [0.5, 0.6) is 11.5 Å². The van der Waals surface area contributed by atoms with E-state index in [1.165, 1.54) is 18.1 Å². The van der Waals surface area contributed by atoms with Crippen LogP contribution >= 0.6 is 22.9 Å². The molecule has 0 saturated heterocycles. The van der Waals surface area contributed by atoms with Crippen LogP contribution in [0.25, 0.3) is 10.2 Å². The highest BCUT2D eigenvalue weighted by Crippen LogP contribution is 2.36. The monoisotopic (exact) mass is 435 g/mol. The second-order valence-corrected chi connectivity index (χ2v) is 7.87. The van der Waals surface area contributed by atoms with E-state index in [0.29, 0.717) is 26.7 Å². The molecule has 0 aliphatic rings. The molecule has 2 heterocycles. The third-order valence-corrected chi connectivity index (χ3v) is 5.80. The predicted molar refractivity (Wildman–Crippen MR) is 113 cm³/mol. The highest BCUT2D eigenvalue weighted by molar-refractivity contribution is 7.20. The number of thiophene rings is 1. The molecule has 0 aliphatic heterocycles. The number of amides is 2. The second-order valence-electron chi connectivity index (χ2n) is 6.44. The summed E-state index contributed by atoms with van der Waals surface area (Å²) in [6, 6.07) is 4.58. The number of hydrogen-bond donors (Lipinski definition) is 3. The number of methoxy groups -OCH3 is 1. The molecular formula is C19H18ClN3O5S. The summed E-state index contributed by atoms with van der Waals surface area (Å²) in [5.41, 5.74) is -0.407. The van der Waals surface area contributed by atoms with Gasteiger partial charge >= 0.3 is 0 Å². The second kappa shape index (κ2) is 7.76. The van der Waals surface area contributed by atoms with E-state index in [-0.39, 0.29) is 16.3 Å². The Morgan fingerprint density at radius 1 is 1.31 bits per heavy atom. The number of nitrogens with zero attached hydrogens (tertiary/aromatic N) is 1. The van der Waals surface area contributed by atoms with E-state index < -0.39 is 22.8 Å². The number of aromatic hydroxyl groups is 1. The summed E-state index contributed by atoms with van der Waals surface area (Å²) in [5, 5.41) is 13.8. The summed E-state index contributed by atoms with van der Waals surface area (Å²) < 4.78 is 5.06. The molecule has 1 aromatic carbocycles. The van der Waals surface area contributed by atoms with Gasteiger partial charge in [-0.25, -0.2) is 0 Å². The van der Waals surface area contributed by atoms with Gasteiger partial charge in [0.1, 0.15) is 21.9 Å². The fraction of sp³-hybridized carbons (Fsp3) is 0.211. The number of H-pyrrole nitrogens is 1. The van der Waals surface area contributed by atoms with Gasteiger partial charge < -0.3 is 25.0 Å². The molecule has 0 radical (unpaired) electrons. The maximum absolute atomic E-state index is 12.7. The van der Waals surface area contributed by atoms with Gasteiger partial charge in [-0.15, -0.1) is 11.3 Å². The van der Waals surface area contributed by atoms with Crippen LogP contribution in [0.15, 0.2) is 23.0 Å². The average molecular weight is 436 g/mol. The smallest absolute Gasteiger partial charge is 0.265 e. The van der Waals surface area contributed by atoms with Crippen LogP contribution in [-0.4, -0.2) is 48.0 Å². The first-order chi connectivity index (χ1) is 13.6. The Balaban J connectivity index is 2.06. The van der Waals surface area contributed by atoms with Crippen molar-refractivity contribution in [2.45, 2.75) is 6.92 Å². The minimum absolute atomic E-state index is 0.261. The molecule has 3 rings (SSSR count). The lowest BCUT2D eigenvalue weighted by atomic mass is 10.1. The summed E-state index contributed by atoms with van der Waals surface area (Å²) in [6.07, 6.45) is 0. The number of anilines is 1. The van der Waals surface area contributed by atoms with Gasteiger partial charge in [0.05, 0.1) is 22.4 Å². The number of halogens is 1. The third-order valence-electron chi connectivity index (χ3n) is 4.31. The number of carbonyl (C=O) groups excluding carboxylic acids is 2. The van der Waals surface area contributed by atoms with Crippen LogP contribution in [-0.2, 0) is 0 Å². The van der Waals surface area contributed by atoms with Crippen molar-refractivity contribution in [2.24, 2.45) is 0 Å². The van der Waals surface area contributed by atoms with Crippen LogP contribution in [0, 0.1) is 6.92 Å². The molecule has 152 valence electrons. The molecule has 10 heteroatoms. The Bertz CT molecular complexity index is 1200. The predicted octanol–water partition coefficient (Wildman–Crippen LogP) is 3.22. The Morgan fingerprint density at radius 2 is 2.00 bits per heavy atom. The SMILES string of the molecule is COc1ccc(NC(=O)c2c(O)c3c(C)c(C(=O)N(C)C)sc3[nH]c2=O)cc1Cl. The molecule has 0 saturated carbocycles. The molecule has 3 N–H and O–H groups in total. The maximum Gasteiger partial charge on any atom is 0.265 e. The average Bonchev–Trinajstić information content (AvgIpc) is 2.97. The molecule has 2 aromatic heterocycles. The first-order valence-electron chi connectivity index (χ1n) is 8.40. The van der Waals surface area contributed by atoms with Crippen LogP contribution in [0.3, 0.4) is 0 Å². The highest BCUT2D eigenvalue weighted by Gasteiger charge is 2.25. The van der Waals surface area contributed by atoms with Crippen LogP contribution < -0.4 is 15.6 Å². The summed E-state index contributed by atoms with van der Waals surface area (Å²) in [5.74, 6) is -1.12. The summed E-state index contributed by atoms with van der Waals surface area (Å²) >= 11 is 7.10. The van der Waals surface area contributed by atoms with Crippen LogP contribution in [0.2, 0.25) is 5.02 Å². The Morgan fingerprint density at radius 3 is 2.59 bits per heavy atom. The van der Waals surface area contributed by atoms with Crippen molar-refractivity contribution < 1.29 is 19.4 Å². The topological polar surface area (TPSA) is 112 Å². The zero-order valence-corrected chi connectivity index (χ0v) is 17.6. The van der Waals surface area contributed by atoms with Gasteiger partial charge in [-0.2, -0.15) is 0 Å². The summed E-state index contributed by atoms with van der Waals surface area (Å²) in [6.45, 7) is 1.65. The lowest BCUT2D eigenvalue weighted by Crippen LogP contribution is -2.23. The summed E-state index contributed by atoms with van der Waals surface area (Å²) in [4.78, 5) is 42.2. The van der Waals surface area contributed by atoms with Gasteiger partial charge in [0.2, 0.25) is 0 Å². The van der Waals surface area contributed by atoms with E-state index in [1.807, 2.05) is 0 Å². The molecule has 29 heavy (non-hydrogen) atoms. The lowest BCUT2D eigenvalue weighted by molar-refractivity contribution is 0.0831. The van der Waals surface area contributed by atoms with Crippen molar-refractivity contribution in [2.75, 3.05) is 26.5 Å². The van der Waals surface area contributed by atoms with E-state index in [9.17, 15) is 19.5 Å². The molecule has 0 bridgehead atoms. The zero-order valence-electron chi connectivity index (χ0n) is 16.0. The minimum atomic E-state index is -0.807. The number of ether oxygens (including phenoxy) is 1. The Kier molecular flexibility index (Phi) is 5.54. The molecule has 2 amide bonds. The first kappa shape index (κ1) is 20.7. The number of carbonyl (C=O) groups is 2. The maximum atomic E-state index is 12.7. The number of nitrogens with one attached hydrogen (secondary N) is 2. The van der Waals surface area contributed by atoms with Crippen molar-refractivity contribution in [1.29, 1.82) is 0 Å². The van der Waals surface area contributed by atoms with E-state index in [1.54, 1.807) is 33.2 Å².